The SMILES string of the molecule is O=C(c1ccccc1)C1CCN(Sc2ccc(Cl)cc2)CC1. The average Bonchev–Trinajstić information content (AvgIpc) is 2.58. The van der Waals surface area contributed by atoms with E-state index in [1.54, 1.807) is 11.9 Å². The fourth-order valence-corrected chi connectivity index (χ4v) is 3.77. The van der Waals surface area contributed by atoms with Crippen molar-refractivity contribution in [2.45, 2.75) is 17.7 Å². The predicted molar refractivity (Wildman–Crippen MR) is 92.4 cm³/mol. The molecule has 0 aliphatic carbocycles. The third-order valence-corrected chi connectivity index (χ3v) is 5.29. The van der Waals surface area contributed by atoms with Crippen LogP contribution in [0, 0.1) is 5.92 Å². The van der Waals surface area contributed by atoms with E-state index in [0.29, 0.717) is 0 Å². The lowest BCUT2D eigenvalue weighted by Gasteiger charge is -2.30. The number of carbonyl (C=O) groups excluding carboxylic acids is 1. The first-order chi connectivity index (χ1) is 10.7. The fraction of sp³-hybridized carbons (Fsp3) is 0.278. The van der Waals surface area contributed by atoms with Crippen LogP contribution in [0.3, 0.4) is 0 Å². The molecule has 0 N–H and O–H groups in total. The first-order valence-corrected chi connectivity index (χ1v) is 8.65. The van der Waals surface area contributed by atoms with Gasteiger partial charge in [0.1, 0.15) is 0 Å². The maximum absolute atomic E-state index is 12.5. The van der Waals surface area contributed by atoms with Gasteiger partial charge in [-0.05, 0) is 49.1 Å². The summed E-state index contributed by atoms with van der Waals surface area (Å²) in [6.45, 7) is 1.88. The van der Waals surface area contributed by atoms with Crippen molar-refractivity contribution in [1.82, 2.24) is 4.31 Å². The molecule has 114 valence electrons. The van der Waals surface area contributed by atoms with E-state index in [2.05, 4.69) is 4.31 Å². The van der Waals surface area contributed by atoms with Crippen LogP contribution in [0.25, 0.3) is 0 Å². The third kappa shape index (κ3) is 3.92. The number of carbonyl (C=O) groups is 1. The largest absolute Gasteiger partial charge is 0.294 e. The zero-order valence-corrected chi connectivity index (χ0v) is 13.8. The number of hydrogen-bond acceptors (Lipinski definition) is 3. The number of ketones is 1. The van der Waals surface area contributed by atoms with E-state index < -0.39 is 0 Å². The van der Waals surface area contributed by atoms with E-state index >= 15 is 0 Å². The van der Waals surface area contributed by atoms with Gasteiger partial charge in [-0.1, -0.05) is 41.9 Å². The van der Waals surface area contributed by atoms with Gasteiger partial charge in [0, 0.05) is 34.5 Å². The van der Waals surface area contributed by atoms with Crippen LogP contribution in [0.5, 0.6) is 0 Å². The van der Waals surface area contributed by atoms with Gasteiger partial charge in [0.15, 0.2) is 5.78 Å². The van der Waals surface area contributed by atoms with Crippen molar-refractivity contribution in [3.8, 4) is 0 Å². The summed E-state index contributed by atoms with van der Waals surface area (Å²) in [6.07, 6.45) is 1.85. The zero-order valence-electron chi connectivity index (χ0n) is 12.2. The molecule has 1 fully saturated rings. The second-order valence-corrected chi connectivity index (χ2v) is 7.09. The Labute approximate surface area is 140 Å². The van der Waals surface area contributed by atoms with Gasteiger partial charge in [0.2, 0.25) is 0 Å². The Balaban J connectivity index is 1.54. The molecule has 0 saturated carbocycles. The second kappa shape index (κ2) is 7.32. The van der Waals surface area contributed by atoms with E-state index in [0.717, 1.165) is 36.5 Å². The standard InChI is InChI=1S/C18H18ClNOS/c19-16-6-8-17(9-7-16)22-20-12-10-15(11-13-20)18(21)14-4-2-1-3-5-14/h1-9,15H,10-13H2. The Kier molecular flexibility index (Phi) is 5.19. The number of nitrogens with zero attached hydrogens (tertiary/aromatic N) is 1. The zero-order chi connectivity index (χ0) is 15.4. The quantitative estimate of drug-likeness (QED) is 0.584. The molecule has 0 atom stereocenters. The molecule has 2 aromatic carbocycles. The highest BCUT2D eigenvalue weighted by molar-refractivity contribution is 7.97. The van der Waals surface area contributed by atoms with Crippen molar-refractivity contribution in [2.75, 3.05) is 13.1 Å². The van der Waals surface area contributed by atoms with Crippen LogP contribution >= 0.6 is 23.5 Å². The number of piperidine rings is 1. The maximum Gasteiger partial charge on any atom is 0.166 e. The first kappa shape index (κ1) is 15.6. The predicted octanol–water partition coefficient (Wildman–Crippen LogP) is 4.94. The second-order valence-electron chi connectivity index (χ2n) is 5.48. The van der Waals surface area contributed by atoms with Gasteiger partial charge < -0.3 is 0 Å². The van der Waals surface area contributed by atoms with Crippen molar-refractivity contribution in [3.63, 3.8) is 0 Å². The Morgan fingerprint density at radius 3 is 2.27 bits per heavy atom. The molecule has 1 heterocycles. The van der Waals surface area contributed by atoms with E-state index in [-0.39, 0.29) is 11.7 Å². The van der Waals surface area contributed by atoms with E-state index in [9.17, 15) is 4.79 Å². The monoisotopic (exact) mass is 331 g/mol. The van der Waals surface area contributed by atoms with Gasteiger partial charge in [-0.3, -0.25) is 4.79 Å². The normalized spacial score (nSPS) is 16.6. The molecule has 1 saturated heterocycles. The van der Waals surface area contributed by atoms with Crippen LogP contribution in [0.4, 0.5) is 0 Å². The smallest absolute Gasteiger partial charge is 0.166 e. The van der Waals surface area contributed by atoms with Crippen molar-refractivity contribution in [2.24, 2.45) is 5.92 Å². The minimum Gasteiger partial charge on any atom is -0.294 e. The third-order valence-electron chi connectivity index (χ3n) is 3.93. The molecule has 22 heavy (non-hydrogen) atoms. The van der Waals surface area contributed by atoms with Crippen molar-refractivity contribution in [3.05, 3.63) is 65.2 Å². The van der Waals surface area contributed by atoms with Crippen LogP contribution in [0.1, 0.15) is 23.2 Å². The van der Waals surface area contributed by atoms with Gasteiger partial charge in [-0.25, -0.2) is 4.31 Å². The minimum absolute atomic E-state index is 0.157. The lowest BCUT2D eigenvalue weighted by Crippen LogP contribution is -2.32. The summed E-state index contributed by atoms with van der Waals surface area (Å²) in [7, 11) is 0. The summed E-state index contributed by atoms with van der Waals surface area (Å²) in [5, 5.41) is 0.761. The van der Waals surface area contributed by atoms with E-state index in [1.165, 1.54) is 4.90 Å². The number of halogens is 1. The molecule has 0 spiro atoms. The van der Waals surface area contributed by atoms with Crippen LogP contribution in [-0.4, -0.2) is 23.2 Å². The number of Topliss-reactive ketones (excluding diaryl/α,β-unsaturated/α-hetero) is 1. The molecule has 2 nitrogen and oxygen atoms in total. The minimum atomic E-state index is 0.157. The molecule has 0 unspecified atom stereocenters. The Morgan fingerprint density at radius 2 is 1.64 bits per heavy atom. The molecule has 3 rings (SSSR count). The topological polar surface area (TPSA) is 20.3 Å². The highest BCUT2D eigenvalue weighted by Crippen LogP contribution is 2.30. The summed E-state index contributed by atoms with van der Waals surface area (Å²) in [5.41, 5.74) is 0.839. The van der Waals surface area contributed by atoms with Crippen LogP contribution in [0.15, 0.2) is 59.5 Å². The average molecular weight is 332 g/mol. The van der Waals surface area contributed by atoms with Crippen molar-refractivity contribution < 1.29 is 4.79 Å². The van der Waals surface area contributed by atoms with Crippen LogP contribution in [0.2, 0.25) is 5.02 Å². The molecule has 0 amide bonds. The van der Waals surface area contributed by atoms with Gasteiger partial charge in [-0.15, -0.1) is 0 Å². The molecule has 0 radical (unpaired) electrons. The Bertz CT molecular complexity index is 621. The van der Waals surface area contributed by atoms with Gasteiger partial charge in [-0.2, -0.15) is 0 Å². The molecule has 2 aromatic rings. The molecule has 4 heteroatoms. The Hall–Kier alpha value is -1.29. The summed E-state index contributed by atoms with van der Waals surface area (Å²) in [4.78, 5) is 13.7. The van der Waals surface area contributed by atoms with Crippen LogP contribution < -0.4 is 0 Å². The molecular formula is C18H18ClNOS. The first-order valence-electron chi connectivity index (χ1n) is 7.50. The molecular weight excluding hydrogens is 314 g/mol. The van der Waals surface area contributed by atoms with Gasteiger partial charge >= 0.3 is 0 Å². The van der Waals surface area contributed by atoms with Gasteiger partial charge in [0.05, 0.1) is 0 Å². The van der Waals surface area contributed by atoms with Crippen molar-refractivity contribution in [1.29, 1.82) is 0 Å². The van der Waals surface area contributed by atoms with Gasteiger partial charge in [0.25, 0.3) is 0 Å². The fourth-order valence-electron chi connectivity index (χ4n) is 2.69. The number of hydrogen-bond donors (Lipinski definition) is 0. The summed E-state index contributed by atoms with van der Waals surface area (Å²) < 4.78 is 2.33. The van der Waals surface area contributed by atoms with E-state index in [4.69, 9.17) is 11.6 Å². The number of benzene rings is 2. The molecule has 1 aliphatic heterocycles. The maximum atomic E-state index is 12.5. The number of rotatable bonds is 4. The molecule has 1 aliphatic rings. The highest BCUT2D eigenvalue weighted by Gasteiger charge is 2.26. The highest BCUT2D eigenvalue weighted by atomic mass is 35.5. The van der Waals surface area contributed by atoms with Crippen molar-refractivity contribution >= 4 is 29.3 Å². The summed E-state index contributed by atoms with van der Waals surface area (Å²) in [5.74, 6) is 0.446. The summed E-state index contributed by atoms with van der Waals surface area (Å²) in [6, 6.07) is 17.5. The lowest BCUT2D eigenvalue weighted by atomic mass is 9.90. The lowest BCUT2D eigenvalue weighted by molar-refractivity contribution is 0.0878. The van der Waals surface area contributed by atoms with E-state index in [1.807, 2.05) is 54.6 Å². The Morgan fingerprint density at radius 1 is 1.00 bits per heavy atom. The molecule has 0 aromatic heterocycles. The molecule has 0 bridgehead atoms. The summed E-state index contributed by atoms with van der Waals surface area (Å²) >= 11 is 7.65. The van der Waals surface area contributed by atoms with Crippen LogP contribution in [-0.2, 0) is 0 Å².